The van der Waals surface area contributed by atoms with Crippen molar-refractivity contribution in [2.75, 3.05) is 34.9 Å². The minimum Gasteiger partial charge on any atom is -0.493 e. The molecule has 0 aliphatic carbocycles. The average Bonchev–Trinajstić information content (AvgIpc) is 2.38. The molecule has 5 nitrogen and oxygen atoms in total. The largest absolute Gasteiger partial charge is 0.493 e. The third-order valence-electron chi connectivity index (χ3n) is 2.53. The Bertz CT molecular complexity index is 406. The van der Waals surface area contributed by atoms with E-state index in [0.29, 0.717) is 18.0 Å². The van der Waals surface area contributed by atoms with E-state index in [1.54, 1.807) is 14.2 Å². The first kappa shape index (κ1) is 14.3. The summed E-state index contributed by atoms with van der Waals surface area (Å²) in [7, 11) is 6.43. The Morgan fingerprint density at radius 1 is 1.17 bits per heavy atom. The van der Waals surface area contributed by atoms with E-state index in [2.05, 4.69) is 4.74 Å². The Kier molecular flexibility index (Phi) is 5.45. The number of benzene rings is 1. The summed E-state index contributed by atoms with van der Waals surface area (Å²) in [5.74, 6) is 1.12. The molecule has 100 valence electrons. The van der Waals surface area contributed by atoms with Gasteiger partial charge in [-0.15, -0.1) is 0 Å². The predicted octanol–water partition coefficient (Wildman–Crippen LogP) is 1.31. The number of likely N-dealkylation sites (N-methyl/N-ethyl adjacent to an activating group) is 1. The summed E-state index contributed by atoms with van der Waals surface area (Å²) in [6.07, 6.45) is 0. The van der Waals surface area contributed by atoms with Gasteiger partial charge in [-0.05, 0) is 24.7 Å². The molecule has 0 unspecified atom stereocenters. The van der Waals surface area contributed by atoms with E-state index in [1.807, 2.05) is 30.1 Å². The van der Waals surface area contributed by atoms with E-state index in [9.17, 15) is 4.79 Å². The number of carbonyl (C=O) groups is 1. The predicted molar refractivity (Wildman–Crippen MR) is 67.9 cm³/mol. The van der Waals surface area contributed by atoms with Crippen LogP contribution in [-0.4, -0.2) is 45.8 Å². The van der Waals surface area contributed by atoms with Gasteiger partial charge < -0.3 is 14.2 Å². The van der Waals surface area contributed by atoms with Gasteiger partial charge in [-0.2, -0.15) is 0 Å². The van der Waals surface area contributed by atoms with Gasteiger partial charge in [0, 0.05) is 6.54 Å². The summed E-state index contributed by atoms with van der Waals surface area (Å²) in [6, 6.07) is 5.68. The van der Waals surface area contributed by atoms with Crippen molar-refractivity contribution in [1.29, 1.82) is 0 Å². The van der Waals surface area contributed by atoms with Gasteiger partial charge in [0.15, 0.2) is 11.5 Å². The first-order chi connectivity index (χ1) is 8.60. The van der Waals surface area contributed by atoms with E-state index in [1.165, 1.54) is 7.11 Å². The second kappa shape index (κ2) is 6.86. The van der Waals surface area contributed by atoms with Gasteiger partial charge in [-0.25, -0.2) is 0 Å². The van der Waals surface area contributed by atoms with Crippen LogP contribution in [0.4, 0.5) is 0 Å². The lowest BCUT2D eigenvalue weighted by Crippen LogP contribution is -2.26. The molecule has 0 saturated carbocycles. The summed E-state index contributed by atoms with van der Waals surface area (Å²) < 4.78 is 15.0. The maximum absolute atomic E-state index is 11.1. The molecule has 18 heavy (non-hydrogen) atoms. The molecule has 0 saturated heterocycles. The van der Waals surface area contributed by atoms with Crippen molar-refractivity contribution in [3.05, 3.63) is 23.8 Å². The molecule has 0 N–H and O–H groups in total. The number of esters is 1. The fourth-order valence-corrected chi connectivity index (χ4v) is 1.63. The topological polar surface area (TPSA) is 48.0 Å². The lowest BCUT2D eigenvalue weighted by Gasteiger charge is -2.16. The first-order valence-corrected chi connectivity index (χ1v) is 5.57. The molecule has 0 heterocycles. The fraction of sp³-hybridized carbons (Fsp3) is 0.462. The van der Waals surface area contributed by atoms with Crippen LogP contribution < -0.4 is 9.47 Å². The Morgan fingerprint density at radius 2 is 1.83 bits per heavy atom. The zero-order chi connectivity index (χ0) is 13.5. The smallest absolute Gasteiger partial charge is 0.319 e. The molecule has 0 atom stereocenters. The van der Waals surface area contributed by atoms with Crippen molar-refractivity contribution in [3.8, 4) is 11.5 Å². The molecule has 1 aromatic rings. The summed E-state index contributed by atoms with van der Waals surface area (Å²) >= 11 is 0. The van der Waals surface area contributed by atoms with Crippen molar-refractivity contribution in [2.24, 2.45) is 0 Å². The molecule has 0 amide bonds. The number of carbonyl (C=O) groups excluding carboxylic acids is 1. The summed E-state index contributed by atoms with van der Waals surface area (Å²) in [6.45, 7) is 0.889. The summed E-state index contributed by atoms with van der Waals surface area (Å²) in [4.78, 5) is 13.0. The van der Waals surface area contributed by atoms with Crippen molar-refractivity contribution in [1.82, 2.24) is 4.90 Å². The van der Waals surface area contributed by atoms with Crippen molar-refractivity contribution < 1.29 is 19.0 Å². The highest BCUT2D eigenvalue weighted by atomic mass is 16.5. The fourth-order valence-electron chi connectivity index (χ4n) is 1.63. The minimum atomic E-state index is -0.252. The third kappa shape index (κ3) is 3.92. The maximum Gasteiger partial charge on any atom is 0.319 e. The van der Waals surface area contributed by atoms with Crippen LogP contribution in [0.3, 0.4) is 0 Å². The second-order valence-electron chi connectivity index (χ2n) is 3.94. The van der Waals surface area contributed by atoms with E-state index >= 15 is 0 Å². The molecule has 0 aromatic heterocycles. The average molecular weight is 253 g/mol. The highest BCUT2D eigenvalue weighted by molar-refractivity contribution is 5.71. The molecule has 0 fully saturated rings. The number of ether oxygens (including phenoxy) is 3. The molecule has 5 heteroatoms. The third-order valence-corrected chi connectivity index (χ3v) is 2.53. The van der Waals surface area contributed by atoms with E-state index in [4.69, 9.17) is 9.47 Å². The van der Waals surface area contributed by atoms with Crippen LogP contribution in [0.25, 0.3) is 0 Å². The van der Waals surface area contributed by atoms with Gasteiger partial charge in [0.25, 0.3) is 0 Å². The van der Waals surface area contributed by atoms with Crippen LogP contribution >= 0.6 is 0 Å². The lowest BCUT2D eigenvalue weighted by atomic mass is 10.2. The van der Waals surface area contributed by atoms with Crippen LogP contribution in [0.5, 0.6) is 11.5 Å². The zero-order valence-electron chi connectivity index (χ0n) is 11.2. The van der Waals surface area contributed by atoms with E-state index in [-0.39, 0.29) is 12.5 Å². The number of hydrogen-bond donors (Lipinski definition) is 0. The highest BCUT2D eigenvalue weighted by Crippen LogP contribution is 2.27. The van der Waals surface area contributed by atoms with E-state index in [0.717, 1.165) is 5.56 Å². The zero-order valence-corrected chi connectivity index (χ0v) is 11.2. The number of nitrogens with zero attached hydrogens (tertiary/aromatic N) is 1. The van der Waals surface area contributed by atoms with Crippen LogP contribution in [0.2, 0.25) is 0 Å². The Labute approximate surface area is 107 Å². The number of methoxy groups -OCH3 is 3. The normalized spacial score (nSPS) is 10.3. The van der Waals surface area contributed by atoms with Gasteiger partial charge in [-0.1, -0.05) is 6.07 Å². The van der Waals surface area contributed by atoms with Crippen molar-refractivity contribution in [2.45, 2.75) is 6.54 Å². The lowest BCUT2D eigenvalue weighted by molar-refractivity contribution is -0.141. The van der Waals surface area contributed by atoms with Gasteiger partial charge in [-0.3, -0.25) is 9.69 Å². The van der Waals surface area contributed by atoms with Crippen LogP contribution in [-0.2, 0) is 16.1 Å². The van der Waals surface area contributed by atoms with Gasteiger partial charge in [0.05, 0.1) is 27.9 Å². The summed E-state index contributed by atoms with van der Waals surface area (Å²) in [5, 5.41) is 0. The van der Waals surface area contributed by atoms with Gasteiger partial charge in [0.2, 0.25) is 0 Å². The molecule has 0 spiro atoms. The van der Waals surface area contributed by atoms with E-state index < -0.39 is 0 Å². The van der Waals surface area contributed by atoms with Crippen LogP contribution in [0.1, 0.15) is 5.56 Å². The SMILES string of the molecule is COC(=O)CN(C)Cc1ccc(OC)c(OC)c1. The van der Waals surface area contributed by atoms with Crippen LogP contribution in [0.15, 0.2) is 18.2 Å². The standard InChI is InChI=1S/C13H19NO4/c1-14(9-13(15)18-4)8-10-5-6-11(16-2)12(7-10)17-3/h5-7H,8-9H2,1-4H3. The van der Waals surface area contributed by atoms with Gasteiger partial charge in [0.1, 0.15) is 0 Å². The quantitative estimate of drug-likeness (QED) is 0.715. The molecule has 1 aromatic carbocycles. The molecular weight excluding hydrogens is 234 g/mol. The van der Waals surface area contributed by atoms with Crippen molar-refractivity contribution >= 4 is 5.97 Å². The highest BCUT2D eigenvalue weighted by Gasteiger charge is 2.09. The molecule has 0 radical (unpaired) electrons. The number of rotatable bonds is 6. The van der Waals surface area contributed by atoms with Crippen molar-refractivity contribution in [3.63, 3.8) is 0 Å². The van der Waals surface area contributed by atoms with Crippen LogP contribution in [0, 0.1) is 0 Å². The molecule has 0 bridgehead atoms. The first-order valence-electron chi connectivity index (χ1n) is 5.57. The monoisotopic (exact) mass is 253 g/mol. The molecular formula is C13H19NO4. The Balaban J connectivity index is 2.70. The Morgan fingerprint density at radius 3 is 2.39 bits per heavy atom. The summed E-state index contributed by atoms with van der Waals surface area (Å²) in [5.41, 5.74) is 1.04. The maximum atomic E-state index is 11.1. The Hall–Kier alpha value is -1.75. The molecule has 1 rings (SSSR count). The number of hydrogen-bond acceptors (Lipinski definition) is 5. The van der Waals surface area contributed by atoms with Gasteiger partial charge >= 0.3 is 5.97 Å². The molecule has 0 aliphatic heterocycles. The second-order valence-corrected chi connectivity index (χ2v) is 3.94. The molecule has 0 aliphatic rings. The minimum absolute atomic E-state index is 0.252.